The third kappa shape index (κ3) is 3.31. The lowest BCUT2D eigenvalue weighted by atomic mass is 10.1. The summed E-state index contributed by atoms with van der Waals surface area (Å²) in [6, 6.07) is 4.03. The van der Waals surface area contributed by atoms with Crippen LogP contribution in [0.1, 0.15) is 24.5 Å². The van der Waals surface area contributed by atoms with E-state index in [0.717, 1.165) is 49.9 Å². The summed E-state index contributed by atoms with van der Waals surface area (Å²) in [5.74, 6) is 1.69. The van der Waals surface area contributed by atoms with Crippen LogP contribution < -0.4 is 4.74 Å². The minimum absolute atomic E-state index is 0.656. The molecule has 2 nitrogen and oxygen atoms in total. The molecule has 1 aliphatic rings. The van der Waals surface area contributed by atoms with E-state index in [1.54, 1.807) is 0 Å². The van der Waals surface area contributed by atoms with Crippen LogP contribution in [0.15, 0.2) is 12.1 Å². The maximum atomic E-state index is 6.17. The van der Waals surface area contributed by atoms with Gasteiger partial charge in [0.2, 0.25) is 0 Å². The second kappa shape index (κ2) is 6.65. The highest BCUT2D eigenvalue weighted by molar-refractivity contribution is 6.30. The molecule has 0 N–H and O–H groups in total. The van der Waals surface area contributed by atoms with E-state index in [-0.39, 0.29) is 0 Å². The van der Waals surface area contributed by atoms with E-state index in [1.807, 2.05) is 12.1 Å². The van der Waals surface area contributed by atoms with Crippen molar-refractivity contribution in [2.75, 3.05) is 25.6 Å². The normalized spacial score (nSPS) is 13.8. The lowest BCUT2D eigenvalue weighted by molar-refractivity contribution is 0.274. The lowest BCUT2D eigenvalue weighted by Crippen LogP contribution is -2.26. The summed E-state index contributed by atoms with van der Waals surface area (Å²) in [6.45, 7) is 5.76. The molecule has 2 rings (SSSR count). The van der Waals surface area contributed by atoms with Gasteiger partial charge in [0, 0.05) is 36.0 Å². The Kier molecular flexibility index (Phi) is 5.16. The Labute approximate surface area is 119 Å². The quantitative estimate of drug-likeness (QED) is 0.740. The predicted octanol–water partition coefficient (Wildman–Crippen LogP) is 3.73. The average Bonchev–Trinajstić information content (AvgIpc) is 2.77. The number of benzene rings is 1. The molecule has 0 fully saturated rings. The van der Waals surface area contributed by atoms with Crippen LogP contribution in [-0.2, 0) is 13.0 Å². The summed E-state index contributed by atoms with van der Waals surface area (Å²) < 4.78 is 5.72. The molecule has 0 saturated heterocycles. The van der Waals surface area contributed by atoms with Gasteiger partial charge >= 0.3 is 0 Å². The zero-order valence-electron chi connectivity index (χ0n) is 10.7. The van der Waals surface area contributed by atoms with Gasteiger partial charge in [-0.1, -0.05) is 18.5 Å². The van der Waals surface area contributed by atoms with E-state index in [4.69, 9.17) is 27.9 Å². The van der Waals surface area contributed by atoms with Gasteiger partial charge in [0.25, 0.3) is 0 Å². The molecule has 0 spiro atoms. The minimum Gasteiger partial charge on any atom is -0.493 e. The molecule has 0 aromatic heterocycles. The number of rotatable bonds is 6. The summed E-state index contributed by atoms with van der Waals surface area (Å²) in [5.41, 5.74) is 2.42. The van der Waals surface area contributed by atoms with Gasteiger partial charge in [-0.2, -0.15) is 0 Å². The first-order valence-corrected chi connectivity index (χ1v) is 7.38. The van der Waals surface area contributed by atoms with Crippen molar-refractivity contribution in [3.05, 3.63) is 28.3 Å². The van der Waals surface area contributed by atoms with Gasteiger partial charge in [-0.15, -0.1) is 11.6 Å². The van der Waals surface area contributed by atoms with E-state index in [1.165, 1.54) is 11.1 Å². The predicted molar refractivity (Wildman–Crippen MR) is 76.9 cm³/mol. The van der Waals surface area contributed by atoms with Gasteiger partial charge < -0.3 is 4.74 Å². The molecule has 0 atom stereocenters. The Hall–Kier alpha value is -0.440. The molecule has 0 amide bonds. The monoisotopic (exact) mass is 287 g/mol. The highest BCUT2D eigenvalue weighted by Gasteiger charge is 2.19. The maximum absolute atomic E-state index is 6.17. The third-order valence-electron chi connectivity index (χ3n) is 3.16. The van der Waals surface area contributed by atoms with E-state index < -0.39 is 0 Å². The highest BCUT2D eigenvalue weighted by Crippen LogP contribution is 2.33. The molecular formula is C14H19Cl2NO. The molecule has 1 heterocycles. The van der Waals surface area contributed by atoms with E-state index in [2.05, 4.69) is 11.8 Å². The molecule has 1 aromatic rings. The van der Waals surface area contributed by atoms with E-state index >= 15 is 0 Å². The van der Waals surface area contributed by atoms with Crippen molar-refractivity contribution in [1.82, 2.24) is 4.90 Å². The molecule has 0 saturated carbocycles. The van der Waals surface area contributed by atoms with Crippen molar-refractivity contribution in [2.45, 2.75) is 26.3 Å². The van der Waals surface area contributed by atoms with Gasteiger partial charge in [-0.3, -0.25) is 4.90 Å². The standard InChI is InChI=1S/C14H19Cl2NO/c1-2-5-17(6-4-15)10-12-9-13(16)8-11-3-7-18-14(11)12/h8-9H,2-7,10H2,1H3. The Bertz CT molecular complexity index is 403. The van der Waals surface area contributed by atoms with E-state index in [0.29, 0.717) is 5.88 Å². The number of hydrogen-bond donors (Lipinski definition) is 0. The number of nitrogens with zero attached hydrogens (tertiary/aromatic N) is 1. The Morgan fingerprint density at radius 2 is 2.17 bits per heavy atom. The molecule has 0 aliphatic carbocycles. The van der Waals surface area contributed by atoms with Gasteiger partial charge in [-0.25, -0.2) is 0 Å². The first-order valence-electron chi connectivity index (χ1n) is 6.47. The average molecular weight is 288 g/mol. The van der Waals surface area contributed by atoms with Crippen molar-refractivity contribution < 1.29 is 4.74 Å². The van der Waals surface area contributed by atoms with Crippen molar-refractivity contribution in [3.8, 4) is 5.75 Å². The summed E-state index contributed by atoms with van der Waals surface area (Å²) in [4.78, 5) is 2.35. The molecule has 1 aliphatic heterocycles. The summed E-state index contributed by atoms with van der Waals surface area (Å²) >= 11 is 12.0. The third-order valence-corrected chi connectivity index (χ3v) is 3.55. The van der Waals surface area contributed by atoms with Crippen molar-refractivity contribution in [1.29, 1.82) is 0 Å². The fourth-order valence-corrected chi connectivity index (χ4v) is 2.91. The SMILES string of the molecule is CCCN(CCCl)Cc1cc(Cl)cc2c1OCC2. The second-order valence-electron chi connectivity index (χ2n) is 4.62. The summed E-state index contributed by atoms with van der Waals surface area (Å²) in [6.07, 6.45) is 2.09. The zero-order valence-corrected chi connectivity index (χ0v) is 12.2. The first kappa shape index (κ1) is 14.0. The maximum Gasteiger partial charge on any atom is 0.127 e. The largest absolute Gasteiger partial charge is 0.493 e. The summed E-state index contributed by atoms with van der Waals surface area (Å²) in [5, 5.41) is 0.802. The molecule has 4 heteroatoms. The fourth-order valence-electron chi connectivity index (χ4n) is 2.41. The molecule has 18 heavy (non-hydrogen) atoms. The van der Waals surface area contributed by atoms with Crippen LogP contribution in [-0.4, -0.2) is 30.5 Å². The molecule has 100 valence electrons. The number of hydrogen-bond acceptors (Lipinski definition) is 2. The minimum atomic E-state index is 0.656. The number of alkyl halides is 1. The van der Waals surface area contributed by atoms with Gasteiger partial charge in [0.05, 0.1) is 6.61 Å². The Balaban J connectivity index is 2.17. The molecule has 0 bridgehead atoms. The smallest absolute Gasteiger partial charge is 0.127 e. The topological polar surface area (TPSA) is 12.5 Å². The number of fused-ring (bicyclic) bond motifs is 1. The Morgan fingerprint density at radius 3 is 2.89 bits per heavy atom. The molecule has 0 unspecified atom stereocenters. The van der Waals surface area contributed by atoms with Crippen molar-refractivity contribution >= 4 is 23.2 Å². The van der Waals surface area contributed by atoms with Gasteiger partial charge in [-0.05, 0) is 30.7 Å². The van der Waals surface area contributed by atoms with Crippen molar-refractivity contribution in [2.24, 2.45) is 0 Å². The highest BCUT2D eigenvalue weighted by atomic mass is 35.5. The van der Waals surface area contributed by atoms with Crippen LogP contribution in [0.5, 0.6) is 5.75 Å². The van der Waals surface area contributed by atoms with E-state index in [9.17, 15) is 0 Å². The number of ether oxygens (including phenoxy) is 1. The molecule has 1 aromatic carbocycles. The lowest BCUT2D eigenvalue weighted by Gasteiger charge is -2.21. The zero-order chi connectivity index (χ0) is 13.0. The van der Waals surface area contributed by atoms with Crippen LogP contribution in [0, 0.1) is 0 Å². The van der Waals surface area contributed by atoms with Gasteiger partial charge in [0.1, 0.15) is 5.75 Å². The number of halogens is 2. The Morgan fingerprint density at radius 1 is 1.33 bits per heavy atom. The van der Waals surface area contributed by atoms with Crippen LogP contribution in [0.4, 0.5) is 0 Å². The molecule has 0 radical (unpaired) electrons. The van der Waals surface area contributed by atoms with Crippen LogP contribution in [0.2, 0.25) is 5.02 Å². The fraction of sp³-hybridized carbons (Fsp3) is 0.571. The molecular weight excluding hydrogens is 269 g/mol. The van der Waals surface area contributed by atoms with Crippen LogP contribution in [0.3, 0.4) is 0 Å². The van der Waals surface area contributed by atoms with Crippen LogP contribution >= 0.6 is 23.2 Å². The first-order chi connectivity index (χ1) is 8.74. The van der Waals surface area contributed by atoms with Gasteiger partial charge in [0.15, 0.2) is 0 Å². The summed E-state index contributed by atoms with van der Waals surface area (Å²) in [7, 11) is 0. The van der Waals surface area contributed by atoms with Crippen molar-refractivity contribution in [3.63, 3.8) is 0 Å². The second-order valence-corrected chi connectivity index (χ2v) is 5.43. The van der Waals surface area contributed by atoms with Crippen LogP contribution in [0.25, 0.3) is 0 Å².